The Kier molecular flexibility index (Phi) is 3.16. The van der Waals surface area contributed by atoms with Gasteiger partial charge < -0.3 is 11.1 Å². The minimum absolute atomic E-state index is 0.856. The van der Waals surface area contributed by atoms with Gasteiger partial charge in [-0.2, -0.15) is 0 Å². The van der Waals surface area contributed by atoms with Crippen molar-refractivity contribution >= 4 is 0 Å². The maximum absolute atomic E-state index is 5.50. The average molecular weight is 142 g/mol. The van der Waals surface area contributed by atoms with Crippen LogP contribution in [0.2, 0.25) is 0 Å². The highest BCUT2D eigenvalue weighted by atomic mass is 14.9. The van der Waals surface area contributed by atoms with Crippen LogP contribution in [0.3, 0.4) is 0 Å². The zero-order valence-corrected chi connectivity index (χ0v) is 6.77. The van der Waals surface area contributed by atoms with Crippen LogP contribution in [0.1, 0.15) is 19.8 Å². The second-order valence-corrected chi connectivity index (χ2v) is 3.16. The van der Waals surface area contributed by atoms with E-state index >= 15 is 0 Å². The van der Waals surface area contributed by atoms with Crippen molar-refractivity contribution in [3.63, 3.8) is 0 Å². The molecule has 1 unspecified atom stereocenters. The number of nitrogens with one attached hydrogen (secondary N) is 1. The highest BCUT2D eigenvalue weighted by Gasteiger charge is 2.24. The summed E-state index contributed by atoms with van der Waals surface area (Å²) in [6.45, 7) is 5.56. The highest BCUT2D eigenvalue weighted by Crippen LogP contribution is 2.21. The quantitative estimate of drug-likeness (QED) is 0.602. The van der Waals surface area contributed by atoms with Gasteiger partial charge in [0.15, 0.2) is 0 Å². The first-order chi connectivity index (χ1) is 4.88. The third-order valence-electron chi connectivity index (χ3n) is 2.54. The standard InChI is InChI=1S/C8H18N2/c1-2-7(3-4-9)8-5-10-6-8/h7-8,10H,2-6,9H2,1H3. The molecular formula is C8H18N2. The molecule has 0 spiro atoms. The normalized spacial score (nSPS) is 22.2. The van der Waals surface area contributed by atoms with Crippen molar-refractivity contribution in [3.05, 3.63) is 0 Å². The zero-order valence-electron chi connectivity index (χ0n) is 6.77. The minimum atomic E-state index is 0.856. The average Bonchev–Trinajstić information content (AvgIpc) is 1.83. The molecule has 0 amide bonds. The zero-order chi connectivity index (χ0) is 7.40. The van der Waals surface area contributed by atoms with E-state index in [9.17, 15) is 0 Å². The van der Waals surface area contributed by atoms with Gasteiger partial charge in [0.2, 0.25) is 0 Å². The second kappa shape index (κ2) is 3.94. The number of hydrogen-bond donors (Lipinski definition) is 2. The van der Waals surface area contributed by atoms with Gasteiger partial charge in [-0.15, -0.1) is 0 Å². The Morgan fingerprint density at radius 3 is 2.60 bits per heavy atom. The molecule has 3 N–H and O–H groups in total. The molecule has 60 valence electrons. The Bertz CT molecular complexity index is 89.3. The molecule has 0 aromatic heterocycles. The predicted octanol–water partition coefficient (Wildman–Crippen LogP) is 0.581. The second-order valence-electron chi connectivity index (χ2n) is 3.16. The van der Waals surface area contributed by atoms with Gasteiger partial charge in [-0.25, -0.2) is 0 Å². The van der Waals surface area contributed by atoms with Crippen molar-refractivity contribution < 1.29 is 0 Å². The molecular weight excluding hydrogens is 124 g/mol. The number of hydrogen-bond acceptors (Lipinski definition) is 2. The maximum atomic E-state index is 5.50. The smallest absolute Gasteiger partial charge is 0.000559 e. The van der Waals surface area contributed by atoms with E-state index in [-0.39, 0.29) is 0 Å². The molecule has 2 heteroatoms. The van der Waals surface area contributed by atoms with Crippen LogP contribution in [0.5, 0.6) is 0 Å². The summed E-state index contributed by atoms with van der Waals surface area (Å²) in [5, 5.41) is 3.29. The van der Waals surface area contributed by atoms with E-state index in [0.717, 1.165) is 18.4 Å². The highest BCUT2D eigenvalue weighted by molar-refractivity contribution is 4.80. The Morgan fingerprint density at radius 1 is 1.60 bits per heavy atom. The maximum Gasteiger partial charge on any atom is -0.000559 e. The predicted molar refractivity (Wildman–Crippen MR) is 43.8 cm³/mol. The molecule has 0 aliphatic carbocycles. The van der Waals surface area contributed by atoms with Crippen LogP contribution in [-0.2, 0) is 0 Å². The fraction of sp³-hybridized carbons (Fsp3) is 1.00. The number of nitrogens with two attached hydrogens (primary N) is 1. The molecule has 0 aromatic rings. The summed E-state index contributed by atoms with van der Waals surface area (Å²) >= 11 is 0. The monoisotopic (exact) mass is 142 g/mol. The molecule has 1 heterocycles. The van der Waals surface area contributed by atoms with Crippen molar-refractivity contribution in [2.45, 2.75) is 19.8 Å². The molecule has 1 atom stereocenters. The summed E-state index contributed by atoms with van der Waals surface area (Å²) in [6, 6.07) is 0. The SMILES string of the molecule is CCC(CCN)C1CNC1. The van der Waals surface area contributed by atoms with E-state index in [2.05, 4.69) is 12.2 Å². The van der Waals surface area contributed by atoms with Gasteiger partial charge in [0.05, 0.1) is 0 Å². The van der Waals surface area contributed by atoms with Gasteiger partial charge in [0.25, 0.3) is 0 Å². The summed E-state index contributed by atoms with van der Waals surface area (Å²) in [5.74, 6) is 1.81. The lowest BCUT2D eigenvalue weighted by atomic mass is 9.83. The van der Waals surface area contributed by atoms with Crippen molar-refractivity contribution in [1.29, 1.82) is 0 Å². The van der Waals surface area contributed by atoms with Crippen LogP contribution in [-0.4, -0.2) is 19.6 Å². The van der Waals surface area contributed by atoms with Gasteiger partial charge in [0.1, 0.15) is 0 Å². The van der Waals surface area contributed by atoms with Gasteiger partial charge in [-0.3, -0.25) is 0 Å². The summed E-state index contributed by atoms with van der Waals surface area (Å²) < 4.78 is 0. The fourth-order valence-corrected chi connectivity index (χ4v) is 1.63. The Labute approximate surface area is 63.2 Å². The largest absolute Gasteiger partial charge is 0.330 e. The number of rotatable bonds is 4. The first kappa shape index (κ1) is 8.02. The van der Waals surface area contributed by atoms with Crippen molar-refractivity contribution in [2.24, 2.45) is 17.6 Å². The van der Waals surface area contributed by atoms with Crippen molar-refractivity contribution in [3.8, 4) is 0 Å². The third kappa shape index (κ3) is 1.70. The van der Waals surface area contributed by atoms with E-state index in [4.69, 9.17) is 5.73 Å². The lowest BCUT2D eigenvalue weighted by molar-refractivity contribution is 0.218. The molecule has 10 heavy (non-hydrogen) atoms. The van der Waals surface area contributed by atoms with Crippen LogP contribution < -0.4 is 11.1 Å². The first-order valence-electron chi connectivity index (χ1n) is 4.29. The van der Waals surface area contributed by atoms with Crippen molar-refractivity contribution in [2.75, 3.05) is 19.6 Å². The van der Waals surface area contributed by atoms with E-state index in [0.29, 0.717) is 0 Å². The Balaban J connectivity index is 2.17. The summed E-state index contributed by atoms with van der Waals surface area (Å²) in [6.07, 6.45) is 2.51. The minimum Gasteiger partial charge on any atom is -0.330 e. The fourth-order valence-electron chi connectivity index (χ4n) is 1.63. The Hall–Kier alpha value is -0.0800. The molecule has 1 aliphatic heterocycles. The summed E-state index contributed by atoms with van der Waals surface area (Å²) in [4.78, 5) is 0. The summed E-state index contributed by atoms with van der Waals surface area (Å²) in [5.41, 5.74) is 5.50. The van der Waals surface area contributed by atoms with Gasteiger partial charge in [-0.05, 0) is 37.9 Å². The van der Waals surface area contributed by atoms with Crippen LogP contribution in [0.15, 0.2) is 0 Å². The molecule has 1 aliphatic rings. The van der Waals surface area contributed by atoms with E-state index in [1.165, 1.54) is 25.9 Å². The molecule has 0 aromatic carbocycles. The van der Waals surface area contributed by atoms with E-state index < -0.39 is 0 Å². The lowest BCUT2D eigenvalue weighted by Gasteiger charge is -2.34. The molecule has 0 bridgehead atoms. The molecule has 2 nitrogen and oxygen atoms in total. The van der Waals surface area contributed by atoms with Gasteiger partial charge in [-0.1, -0.05) is 13.3 Å². The molecule has 0 saturated carbocycles. The molecule has 1 fully saturated rings. The van der Waals surface area contributed by atoms with Crippen LogP contribution in [0.4, 0.5) is 0 Å². The van der Waals surface area contributed by atoms with Gasteiger partial charge >= 0.3 is 0 Å². The first-order valence-corrected chi connectivity index (χ1v) is 4.29. The van der Waals surface area contributed by atoms with Crippen LogP contribution >= 0.6 is 0 Å². The summed E-state index contributed by atoms with van der Waals surface area (Å²) in [7, 11) is 0. The van der Waals surface area contributed by atoms with Gasteiger partial charge in [0, 0.05) is 0 Å². The van der Waals surface area contributed by atoms with E-state index in [1.807, 2.05) is 0 Å². The molecule has 0 radical (unpaired) electrons. The molecule has 1 rings (SSSR count). The lowest BCUT2D eigenvalue weighted by Crippen LogP contribution is -2.46. The topological polar surface area (TPSA) is 38.0 Å². The van der Waals surface area contributed by atoms with E-state index in [1.54, 1.807) is 0 Å². The van der Waals surface area contributed by atoms with Crippen molar-refractivity contribution in [1.82, 2.24) is 5.32 Å². The Morgan fingerprint density at radius 2 is 2.30 bits per heavy atom. The third-order valence-corrected chi connectivity index (χ3v) is 2.54. The van der Waals surface area contributed by atoms with Crippen LogP contribution in [0.25, 0.3) is 0 Å². The van der Waals surface area contributed by atoms with Crippen LogP contribution in [0, 0.1) is 11.8 Å². The molecule has 1 saturated heterocycles.